The first-order valence-electron chi connectivity index (χ1n) is 4.62. The van der Waals surface area contributed by atoms with Crippen molar-refractivity contribution >= 4 is 21.9 Å². The number of carbonyl (C=O) groups is 1. The first kappa shape index (κ1) is 12.0. The van der Waals surface area contributed by atoms with Crippen molar-refractivity contribution in [2.75, 3.05) is 0 Å². The van der Waals surface area contributed by atoms with E-state index in [4.69, 9.17) is 5.11 Å². The van der Waals surface area contributed by atoms with Crippen LogP contribution in [0.4, 0.5) is 0 Å². The molecule has 0 radical (unpaired) electrons. The summed E-state index contributed by atoms with van der Waals surface area (Å²) in [5.41, 5.74) is 1.59. The Labute approximate surface area is 96.9 Å². The van der Waals surface area contributed by atoms with E-state index in [1.54, 1.807) is 13.0 Å². The lowest BCUT2D eigenvalue weighted by Gasteiger charge is -2.12. The van der Waals surface area contributed by atoms with Crippen molar-refractivity contribution in [3.05, 3.63) is 27.7 Å². The Hall–Kier alpha value is -1.03. The van der Waals surface area contributed by atoms with E-state index < -0.39 is 5.97 Å². The minimum Gasteiger partial charge on any atom is -0.508 e. The maximum absolute atomic E-state index is 10.5. The van der Waals surface area contributed by atoms with Gasteiger partial charge in [0.2, 0.25) is 0 Å². The van der Waals surface area contributed by atoms with E-state index in [0.29, 0.717) is 0 Å². The molecule has 1 aromatic rings. The number of phenols is 1. The molecule has 0 saturated heterocycles. The van der Waals surface area contributed by atoms with Gasteiger partial charge in [-0.1, -0.05) is 22.9 Å². The molecule has 1 aromatic carbocycles. The van der Waals surface area contributed by atoms with Crippen LogP contribution in [0.2, 0.25) is 0 Å². The summed E-state index contributed by atoms with van der Waals surface area (Å²) in [6, 6.07) is 3.47. The number of carboxylic acids is 1. The number of phenolic OH excluding ortho intramolecular Hbond substituents is 1. The van der Waals surface area contributed by atoms with Crippen LogP contribution < -0.4 is 0 Å². The Balaban J connectivity index is 3.00. The highest BCUT2D eigenvalue weighted by Crippen LogP contribution is 2.31. The van der Waals surface area contributed by atoms with E-state index >= 15 is 0 Å². The first-order valence-corrected chi connectivity index (χ1v) is 5.42. The number of hydrogen-bond acceptors (Lipinski definition) is 2. The predicted octanol–water partition coefficient (Wildman–Crippen LogP) is 3.04. The Kier molecular flexibility index (Phi) is 3.74. The summed E-state index contributed by atoms with van der Waals surface area (Å²) in [7, 11) is 0. The third-order valence-corrected chi connectivity index (χ3v) is 3.21. The number of hydrogen-bond donors (Lipinski definition) is 2. The van der Waals surface area contributed by atoms with Crippen molar-refractivity contribution in [1.29, 1.82) is 0 Å². The van der Waals surface area contributed by atoms with E-state index in [1.165, 1.54) is 0 Å². The monoisotopic (exact) mass is 272 g/mol. The molecule has 0 bridgehead atoms. The maximum Gasteiger partial charge on any atom is 0.303 e. The van der Waals surface area contributed by atoms with Gasteiger partial charge in [-0.25, -0.2) is 0 Å². The minimum atomic E-state index is -0.835. The molecule has 4 heteroatoms. The van der Waals surface area contributed by atoms with Gasteiger partial charge in [0.05, 0.1) is 6.42 Å². The quantitative estimate of drug-likeness (QED) is 0.889. The van der Waals surface area contributed by atoms with Crippen molar-refractivity contribution < 1.29 is 15.0 Å². The Morgan fingerprint density at radius 2 is 2.13 bits per heavy atom. The zero-order valence-electron chi connectivity index (χ0n) is 8.62. The Bertz CT molecular complexity index is 364. The number of aromatic hydroxyl groups is 1. The van der Waals surface area contributed by atoms with Gasteiger partial charge in [-0.2, -0.15) is 0 Å². The molecule has 0 heterocycles. The number of benzene rings is 1. The molecule has 0 aliphatic carbocycles. The van der Waals surface area contributed by atoms with Gasteiger partial charge in [-0.05, 0) is 30.5 Å². The van der Waals surface area contributed by atoms with Crippen LogP contribution >= 0.6 is 15.9 Å². The molecule has 2 N–H and O–H groups in total. The molecular weight excluding hydrogens is 260 g/mol. The molecule has 0 aliphatic heterocycles. The second kappa shape index (κ2) is 4.66. The van der Waals surface area contributed by atoms with Crippen LogP contribution in [0.15, 0.2) is 16.6 Å². The van der Waals surface area contributed by atoms with E-state index in [0.717, 1.165) is 15.6 Å². The Morgan fingerprint density at radius 1 is 1.53 bits per heavy atom. The summed E-state index contributed by atoms with van der Waals surface area (Å²) in [4.78, 5) is 10.5. The molecule has 1 unspecified atom stereocenters. The summed E-state index contributed by atoms with van der Waals surface area (Å²) in [5, 5.41) is 18.3. The fraction of sp³-hybridized carbons (Fsp3) is 0.364. The fourth-order valence-corrected chi connectivity index (χ4v) is 1.82. The van der Waals surface area contributed by atoms with Crippen molar-refractivity contribution in [2.45, 2.75) is 26.2 Å². The maximum atomic E-state index is 10.5. The molecule has 0 aliphatic rings. The van der Waals surface area contributed by atoms with Crippen molar-refractivity contribution in [3.8, 4) is 5.75 Å². The summed E-state index contributed by atoms with van der Waals surface area (Å²) in [6.07, 6.45) is 0.0644. The molecule has 1 atom stereocenters. The molecule has 0 aromatic heterocycles. The summed E-state index contributed by atoms with van der Waals surface area (Å²) in [5.74, 6) is -0.749. The predicted molar refractivity (Wildman–Crippen MR) is 61.2 cm³/mol. The normalized spacial score (nSPS) is 12.5. The molecule has 82 valence electrons. The van der Waals surface area contributed by atoms with Gasteiger partial charge in [0.15, 0.2) is 0 Å². The molecule has 1 rings (SSSR count). The topological polar surface area (TPSA) is 57.5 Å². The van der Waals surface area contributed by atoms with Crippen molar-refractivity contribution in [2.24, 2.45) is 0 Å². The van der Waals surface area contributed by atoms with E-state index in [9.17, 15) is 9.90 Å². The zero-order chi connectivity index (χ0) is 11.6. The zero-order valence-corrected chi connectivity index (χ0v) is 10.2. The number of rotatable bonds is 3. The fourth-order valence-electron chi connectivity index (χ4n) is 1.35. The molecular formula is C11H13BrO3. The van der Waals surface area contributed by atoms with Crippen molar-refractivity contribution in [1.82, 2.24) is 0 Å². The van der Waals surface area contributed by atoms with Gasteiger partial charge in [0, 0.05) is 10.0 Å². The average Bonchev–Trinajstić information content (AvgIpc) is 2.12. The summed E-state index contributed by atoms with van der Waals surface area (Å²) < 4.78 is 0.801. The lowest BCUT2D eigenvalue weighted by Crippen LogP contribution is -2.03. The van der Waals surface area contributed by atoms with Gasteiger partial charge in [0.1, 0.15) is 5.75 Å². The largest absolute Gasteiger partial charge is 0.508 e. The van der Waals surface area contributed by atoms with Crippen LogP contribution in [0.1, 0.15) is 30.4 Å². The smallest absolute Gasteiger partial charge is 0.303 e. The minimum absolute atomic E-state index is 0.0644. The lowest BCUT2D eigenvalue weighted by atomic mass is 9.96. The highest BCUT2D eigenvalue weighted by molar-refractivity contribution is 9.10. The van der Waals surface area contributed by atoms with Gasteiger partial charge in [-0.15, -0.1) is 0 Å². The van der Waals surface area contributed by atoms with Gasteiger partial charge in [-0.3, -0.25) is 4.79 Å². The molecule has 0 amide bonds. The van der Waals surface area contributed by atoms with Gasteiger partial charge in [0.25, 0.3) is 0 Å². The highest BCUT2D eigenvalue weighted by atomic mass is 79.9. The number of carboxylic acid groups (broad SMARTS) is 1. The SMILES string of the molecule is Cc1c(O)cc(C(C)CC(=O)O)cc1Br. The number of aliphatic carboxylic acids is 1. The standard InChI is InChI=1S/C11H13BrO3/c1-6(3-11(14)15)8-4-9(12)7(2)10(13)5-8/h4-6,13H,3H2,1-2H3,(H,14,15). The molecule has 15 heavy (non-hydrogen) atoms. The summed E-state index contributed by atoms with van der Waals surface area (Å²) in [6.45, 7) is 3.62. The van der Waals surface area contributed by atoms with Crippen LogP contribution in [0.5, 0.6) is 5.75 Å². The van der Waals surface area contributed by atoms with Crippen LogP contribution in [0, 0.1) is 6.92 Å². The van der Waals surface area contributed by atoms with Gasteiger partial charge >= 0.3 is 5.97 Å². The summed E-state index contributed by atoms with van der Waals surface area (Å²) >= 11 is 3.32. The average molecular weight is 273 g/mol. The van der Waals surface area contributed by atoms with E-state index in [1.807, 2.05) is 13.0 Å². The Morgan fingerprint density at radius 3 is 2.60 bits per heavy atom. The van der Waals surface area contributed by atoms with Crippen molar-refractivity contribution in [3.63, 3.8) is 0 Å². The van der Waals surface area contributed by atoms with Crippen LogP contribution in [-0.2, 0) is 4.79 Å². The molecule has 0 fully saturated rings. The second-order valence-electron chi connectivity index (χ2n) is 3.65. The van der Waals surface area contributed by atoms with E-state index in [-0.39, 0.29) is 18.1 Å². The van der Waals surface area contributed by atoms with E-state index in [2.05, 4.69) is 15.9 Å². The molecule has 0 spiro atoms. The van der Waals surface area contributed by atoms with Crippen LogP contribution in [-0.4, -0.2) is 16.2 Å². The number of halogens is 1. The second-order valence-corrected chi connectivity index (χ2v) is 4.50. The van der Waals surface area contributed by atoms with Gasteiger partial charge < -0.3 is 10.2 Å². The molecule has 0 saturated carbocycles. The third kappa shape index (κ3) is 2.96. The highest BCUT2D eigenvalue weighted by Gasteiger charge is 2.13. The lowest BCUT2D eigenvalue weighted by molar-refractivity contribution is -0.137. The molecule has 3 nitrogen and oxygen atoms in total. The van der Waals surface area contributed by atoms with Crippen LogP contribution in [0.3, 0.4) is 0 Å². The van der Waals surface area contributed by atoms with Crippen LogP contribution in [0.25, 0.3) is 0 Å². The first-order chi connectivity index (χ1) is 6.91. The third-order valence-electron chi connectivity index (χ3n) is 2.39.